The Morgan fingerprint density at radius 1 is 1.21 bits per heavy atom. The molecule has 2 saturated heterocycles. The lowest BCUT2D eigenvalue weighted by molar-refractivity contribution is 0.132. The van der Waals surface area contributed by atoms with E-state index in [4.69, 9.17) is 11.6 Å². The van der Waals surface area contributed by atoms with Crippen molar-refractivity contribution in [2.75, 3.05) is 45.8 Å². The zero-order valence-electron chi connectivity index (χ0n) is 13.9. The first kappa shape index (κ1) is 19.9. The van der Waals surface area contributed by atoms with Gasteiger partial charge in [0, 0.05) is 39.3 Å². The molecule has 2 aliphatic heterocycles. The predicted molar refractivity (Wildman–Crippen MR) is 99.5 cm³/mol. The molecule has 1 N–H and O–H groups in total. The van der Waals surface area contributed by atoms with Gasteiger partial charge in [0.15, 0.2) is 0 Å². The third-order valence-electron chi connectivity index (χ3n) is 4.85. The fraction of sp³-hybridized carbons (Fsp3) is 0.625. The molecular weight excluding hydrogens is 369 g/mol. The maximum Gasteiger partial charge on any atom is 0.244 e. The monoisotopic (exact) mass is 393 g/mol. The van der Waals surface area contributed by atoms with Crippen LogP contribution in [0.15, 0.2) is 29.2 Å². The molecule has 0 amide bonds. The van der Waals surface area contributed by atoms with E-state index in [1.807, 2.05) is 0 Å². The van der Waals surface area contributed by atoms with Crippen LogP contribution >= 0.6 is 24.0 Å². The highest BCUT2D eigenvalue weighted by molar-refractivity contribution is 7.89. The Morgan fingerprint density at radius 2 is 1.88 bits per heavy atom. The van der Waals surface area contributed by atoms with E-state index in [0.717, 1.165) is 32.7 Å². The van der Waals surface area contributed by atoms with Crippen molar-refractivity contribution in [1.82, 2.24) is 14.5 Å². The van der Waals surface area contributed by atoms with Crippen LogP contribution in [0.2, 0.25) is 5.02 Å². The van der Waals surface area contributed by atoms with Crippen molar-refractivity contribution in [3.63, 3.8) is 0 Å². The summed E-state index contributed by atoms with van der Waals surface area (Å²) in [4.78, 5) is 2.59. The molecule has 1 unspecified atom stereocenters. The molecule has 1 aromatic carbocycles. The van der Waals surface area contributed by atoms with Gasteiger partial charge in [-0.2, -0.15) is 4.31 Å². The number of nitrogens with one attached hydrogen (secondary N) is 1. The average molecular weight is 394 g/mol. The standard InChI is InChI=1S/C16H24ClN3O2S.ClH/c1-16(6-7-18-12-16)13-19-8-10-20(11-9-19)23(21,22)15-5-3-2-4-14(15)17;/h2-5,18H,6-13H2,1H3;1H. The van der Waals surface area contributed by atoms with E-state index in [1.165, 1.54) is 6.42 Å². The molecule has 0 bridgehead atoms. The van der Waals surface area contributed by atoms with Gasteiger partial charge in [0.2, 0.25) is 10.0 Å². The third-order valence-corrected chi connectivity index (χ3v) is 7.25. The van der Waals surface area contributed by atoms with Gasteiger partial charge in [-0.15, -0.1) is 12.4 Å². The summed E-state index contributed by atoms with van der Waals surface area (Å²) in [6.07, 6.45) is 1.19. The van der Waals surface area contributed by atoms with E-state index < -0.39 is 10.0 Å². The highest BCUT2D eigenvalue weighted by atomic mass is 35.5. The van der Waals surface area contributed by atoms with Crippen LogP contribution in [-0.2, 0) is 10.0 Å². The highest BCUT2D eigenvalue weighted by Gasteiger charge is 2.34. The van der Waals surface area contributed by atoms with E-state index in [9.17, 15) is 8.42 Å². The average Bonchev–Trinajstić information content (AvgIpc) is 2.94. The molecular formula is C16H25Cl2N3O2S. The maximum absolute atomic E-state index is 12.7. The largest absolute Gasteiger partial charge is 0.316 e. The second-order valence-corrected chi connectivity index (χ2v) is 9.16. The van der Waals surface area contributed by atoms with Gasteiger partial charge in [0.05, 0.1) is 5.02 Å². The first-order chi connectivity index (χ1) is 10.9. The van der Waals surface area contributed by atoms with Crippen LogP contribution in [0.4, 0.5) is 0 Å². The topological polar surface area (TPSA) is 52.7 Å². The molecule has 24 heavy (non-hydrogen) atoms. The molecule has 1 aromatic rings. The van der Waals surface area contributed by atoms with Gasteiger partial charge in [-0.3, -0.25) is 0 Å². The van der Waals surface area contributed by atoms with Crippen LogP contribution in [0.3, 0.4) is 0 Å². The quantitative estimate of drug-likeness (QED) is 0.850. The Hall–Kier alpha value is -0.370. The summed E-state index contributed by atoms with van der Waals surface area (Å²) in [5.41, 5.74) is 0.309. The first-order valence-electron chi connectivity index (χ1n) is 8.09. The summed E-state index contributed by atoms with van der Waals surface area (Å²) in [6, 6.07) is 6.66. The normalized spacial score (nSPS) is 26.2. The van der Waals surface area contributed by atoms with Gasteiger partial charge in [0.25, 0.3) is 0 Å². The third kappa shape index (κ3) is 4.23. The molecule has 0 saturated carbocycles. The molecule has 3 rings (SSSR count). The predicted octanol–water partition coefficient (Wildman–Crippen LogP) is 2.07. The number of benzene rings is 1. The summed E-state index contributed by atoms with van der Waals surface area (Å²) in [5.74, 6) is 0. The molecule has 136 valence electrons. The molecule has 0 aromatic heterocycles. The molecule has 1 atom stereocenters. The maximum atomic E-state index is 12.7. The Balaban J connectivity index is 0.00000208. The summed E-state index contributed by atoms with van der Waals surface area (Å²) in [7, 11) is -3.50. The van der Waals surface area contributed by atoms with Crippen molar-refractivity contribution >= 4 is 34.0 Å². The minimum atomic E-state index is -3.50. The van der Waals surface area contributed by atoms with Crippen molar-refractivity contribution < 1.29 is 8.42 Å². The smallest absolute Gasteiger partial charge is 0.244 e. The molecule has 0 spiro atoms. The van der Waals surface area contributed by atoms with Crippen LogP contribution in [0, 0.1) is 5.41 Å². The molecule has 2 heterocycles. The van der Waals surface area contributed by atoms with Gasteiger partial charge in [0.1, 0.15) is 4.90 Å². The number of hydrogen-bond donors (Lipinski definition) is 1. The molecule has 5 nitrogen and oxygen atoms in total. The van der Waals surface area contributed by atoms with Gasteiger partial charge >= 0.3 is 0 Å². The summed E-state index contributed by atoms with van der Waals surface area (Å²) >= 11 is 6.07. The lowest BCUT2D eigenvalue weighted by Crippen LogP contribution is -2.51. The molecule has 0 radical (unpaired) electrons. The second-order valence-electron chi connectivity index (χ2n) is 6.85. The molecule has 2 aliphatic rings. The van der Waals surface area contributed by atoms with Crippen molar-refractivity contribution in [2.24, 2.45) is 5.41 Å². The lowest BCUT2D eigenvalue weighted by Gasteiger charge is -2.38. The van der Waals surface area contributed by atoms with Crippen LogP contribution in [0.5, 0.6) is 0 Å². The molecule has 2 fully saturated rings. The zero-order valence-corrected chi connectivity index (χ0v) is 16.3. The van der Waals surface area contributed by atoms with Gasteiger partial charge < -0.3 is 10.2 Å². The fourth-order valence-electron chi connectivity index (χ4n) is 3.46. The van der Waals surface area contributed by atoms with Crippen LogP contribution in [-0.4, -0.2) is 63.4 Å². The van der Waals surface area contributed by atoms with E-state index in [2.05, 4.69) is 17.1 Å². The van der Waals surface area contributed by atoms with Crippen LogP contribution in [0.25, 0.3) is 0 Å². The molecule has 0 aliphatic carbocycles. The van der Waals surface area contributed by atoms with Crippen molar-refractivity contribution in [1.29, 1.82) is 0 Å². The first-order valence-corrected chi connectivity index (χ1v) is 9.90. The Labute approximate surface area is 155 Å². The van der Waals surface area contributed by atoms with E-state index in [-0.39, 0.29) is 17.3 Å². The second kappa shape index (κ2) is 7.89. The van der Waals surface area contributed by atoms with Gasteiger partial charge in [-0.25, -0.2) is 8.42 Å². The van der Waals surface area contributed by atoms with E-state index >= 15 is 0 Å². The Morgan fingerprint density at radius 3 is 2.46 bits per heavy atom. The number of nitrogens with zero attached hydrogens (tertiary/aromatic N) is 2. The van der Waals surface area contributed by atoms with Gasteiger partial charge in [-0.05, 0) is 30.5 Å². The highest BCUT2D eigenvalue weighted by Crippen LogP contribution is 2.28. The SMILES string of the molecule is CC1(CN2CCN(S(=O)(=O)c3ccccc3Cl)CC2)CCNC1.Cl. The van der Waals surface area contributed by atoms with Crippen molar-refractivity contribution in [2.45, 2.75) is 18.2 Å². The number of hydrogen-bond acceptors (Lipinski definition) is 4. The number of sulfonamides is 1. The van der Waals surface area contributed by atoms with E-state index in [0.29, 0.717) is 23.5 Å². The summed E-state index contributed by atoms with van der Waals surface area (Å²) < 4.78 is 27.0. The van der Waals surface area contributed by atoms with Crippen molar-refractivity contribution in [3.05, 3.63) is 29.3 Å². The van der Waals surface area contributed by atoms with E-state index in [1.54, 1.807) is 28.6 Å². The Bertz CT molecular complexity index is 655. The minimum Gasteiger partial charge on any atom is -0.316 e. The molecule has 8 heteroatoms. The zero-order chi connectivity index (χ0) is 16.5. The lowest BCUT2D eigenvalue weighted by atomic mass is 9.89. The summed E-state index contributed by atoms with van der Waals surface area (Å²) in [6.45, 7) is 8.06. The number of halogens is 2. The number of piperazine rings is 1. The van der Waals surface area contributed by atoms with Gasteiger partial charge in [-0.1, -0.05) is 30.7 Å². The Kier molecular flexibility index (Phi) is 6.56. The van der Waals surface area contributed by atoms with Crippen LogP contribution in [0.1, 0.15) is 13.3 Å². The minimum absolute atomic E-state index is 0. The summed E-state index contributed by atoms with van der Waals surface area (Å²) in [5, 5.41) is 3.71. The fourth-order valence-corrected chi connectivity index (χ4v) is 5.38. The number of rotatable bonds is 4. The van der Waals surface area contributed by atoms with Crippen molar-refractivity contribution in [3.8, 4) is 0 Å². The van der Waals surface area contributed by atoms with Crippen LogP contribution < -0.4 is 5.32 Å².